The second-order valence-corrected chi connectivity index (χ2v) is 6.61. The molecular weight excluding hydrogens is 376 g/mol. The quantitative estimate of drug-likeness (QED) is 0.414. The van der Waals surface area contributed by atoms with E-state index in [2.05, 4.69) is 40.5 Å². The van der Waals surface area contributed by atoms with Crippen LogP contribution in [0.5, 0.6) is 0 Å². The molecule has 0 aliphatic carbocycles. The summed E-state index contributed by atoms with van der Waals surface area (Å²) < 4.78 is 0. The number of rotatable bonds is 9. The Morgan fingerprint density at radius 3 is 1.33 bits per heavy atom. The van der Waals surface area contributed by atoms with Gasteiger partial charge in [0.05, 0.1) is 0 Å². The lowest BCUT2D eigenvalue weighted by atomic mass is 10.3. The Morgan fingerprint density at radius 2 is 0.967 bits per heavy atom. The number of hydrogen-bond acceptors (Lipinski definition) is 8. The second-order valence-electron chi connectivity index (χ2n) is 6.61. The monoisotopic (exact) mass is 398 g/mol. The van der Waals surface area contributed by atoms with Gasteiger partial charge in [-0.25, -0.2) is 19.9 Å². The van der Waals surface area contributed by atoms with E-state index in [1.807, 2.05) is 61.2 Å². The van der Waals surface area contributed by atoms with E-state index in [4.69, 9.17) is 0 Å². The Bertz CT molecular complexity index is 935. The molecule has 0 atom stereocenters. The highest BCUT2D eigenvalue weighted by Crippen LogP contribution is 2.10. The van der Waals surface area contributed by atoms with Crippen LogP contribution in [0.1, 0.15) is 11.1 Å². The zero-order chi connectivity index (χ0) is 20.4. The van der Waals surface area contributed by atoms with Gasteiger partial charge in [0.1, 0.15) is 11.4 Å². The fourth-order valence-electron chi connectivity index (χ4n) is 2.79. The van der Waals surface area contributed by atoms with E-state index in [-0.39, 0.29) is 0 Å². The second kappa shape index (κ2) is 10.2. The van der Waals surface area contributed by atoms with Crippen molar-refractivity contribution in [3.8, 4) is 23.0 Å². The average molecular weight is 398 g/mol. The van der Waals surface area contributed by atoms with Gasteiger partial charge in [0, 0.05) is 74.5 Å². The van der Waals surface area contributed by atoms with Crippen molar-refractivity contribution < 1.29 is 0 Å². The molecule has 2 N–H and O–H groups in total. The summed E-state index contributed by atoms with van der Waals surface area (Å²) in [6.07, 6.45) is 10.8. The van der Waals surface area contributed by atoms with Gasteiger partial charge in [0.2, 0.25) is 0 Å². The Labute approximate surface area is 174 Å². The topological polar surface area (TPSA) is 101 Å². The summed E-state index contributed by atoms with van der Waals surface area (Å²) >= 11 is 0. The standard InChI is InChI=1S/C22H22N8/c1-3-7-25-19(5-1)21-27-13-17(14-28-21)11-23-9-10-24-12-18-15-29-22(30-16-18)20-6-2-4-8-26-20/h1-8,13-16,23-24H,9-12H2. The smallest absolute Gasteiger partial charge is 0.178 e. The van der Waals surface area contributed by atoms with E-state index in [9.17, 15) is 0 Å². The highest BCUT2D eigenvalue weighted by Gasteiger charge is 2.03. The maximum absolute atomic E-state index is 4.39. The molecule has 150 valence electrons. The molecule has 0 bridgehead atoms. The molecule has 8 nitrogen and oxygen atoms in total. The summed E-state index contributed by atoms with van der Waals surface area (Å²) in [6.45, 7) is 3.09. The minimum Gasteiger partial charge on any atom is -0.311 e. The first kappa shape index (κ1) is 19.7. The molecular formula is C22H22N8. The third kappa shape index (κ3) is 5.47. The van der Waals surface area contributed by atoms with Crippen LogP contribution in [0.4, 0.5) is 0 Å². The Balaban J connectivity index is 1.15. The van der Waals surface area contributed by atoms with Crippen molar-refractivity contribution in [2.75, 3.05) is 13.1 Å². The van der Waals surface area contributed by atoms with Crippen LogP contribution in [0.2, 0.25) is 0 Å². The molecule has 4 rings (SSSR count). The minimum atomic E-state index is 0.636. The lowest BCUT2D eigenvalue weighted by Crippen LogP contribution is -2.26. The predicted molar refractivity (Wildman–Crippen MR) is 114 cm³/mol. The molecule has 0 unspecified atom stereocenters. The molecule has 4 heterocycles. The summed E-state index contributed by atoms with van der Waals surface area (Å²) in [5.41, 5.74) is 3.62. The number of nitrogens with one attached hydrogen (secondary N) is 2. The third-order valence-electron chi connectivity index (χ3n) is 4.34. The van der Waals surface area contributed by atoms with Crippen molar-refractivity contribution in [3.63, 3.8) is 0 Å². The van der Waals surface area contributed by atoms with Crippen LogP contribution in [0.25, 0.3) is 23.0 Å². The zero-order valence-electron chi connectivity index (χ0n) is 16.4. The Kier molecular flexibility index (Phi) is 6.72. The van der Waals surface area contributed by atoms with E-state index in [0.29, 0.717) is 24.7 Å². The summed E-state index contributed by atoms with van der Waals surface area (Å²) in [6, 6.07) is 11.4. The Hall–Kier alpha value is -3.62. The first-order valence-electron chi connectivity index (χ1n) is 9.74. The van der Waals surface area contributed by atoms with E-state index in [1.165, 1.54) is 0 Å². The molecule has 0 saturated heterocycles. The largest absolute Gasteiger partial charge is 0.311 e. The SMILES string of the molecule is c1ccc(-c2ncc(CNCCNCc3cnc(-c4ccccn4)nc3)cn2)nc1. The van der Waals surface area contributed by atoms with Crippen LogP contribution in [0, 0.1) is 0 Å². The van der Waals surface area contributed by atoms with Gasteiger partial charge in [-0.15, -0.1) is 0 Å². The molecule has 4 aromatic rings. The van der Waals surface area contributed by atoms with E-state index in [0.717, 1.165) is 35.6 Å². The van der Waals surface area contributed by atoms with Crippen molar-refractivity contribution in [2.45, 2.75) is 13.1 Å². The van der Waals surface area contributed by atoms with E-state index in [1.54, 1.807) is 12.4 Å². The Morgan fingerprint density at radius 1 is 0.533 bits per heavy atom. The minimum absolute atomic E-state index is 0.636. The van der Waals surface area contributed by atoms with Gasteiger partial charge in [0.15, 0.2) is 11.6 Å². The molecule has 0 aliphatic rings. The zero-order valence-corrected chi connectivity index (χ0v) is 16.4. The van der Waals surface area contributed by atoms with Crippen LogP contribution in [-0.2, 0) is 13.1 Å². The summed E-state index contributed by atoms with van der Waals surface area (Å²) in [7, 11) is 0. The van der Waals surface area contributed by atoms with Crippen LogP contribution in [0.3, 0.4) is 0 Å². The van der Waals surface area contributed by atoms with Crippen molar-refractivity contribution >= 4 is 0 Å². The molecule has 0 spiro atoms. The lowest BCUT2D eigenvalue weighted by Gasteiger charge is -2.07. The van der Waals surface area contributed by atoms with Crippen molar-refractivity contribution in [3.05, 3.63) is 84.7 Å². The molecule has 0 aliphatic heterocycles. The molecule has 0 radical (unpaired) electrons. The summed E-state index contributed by atoms with van der Waals surface area (Å²) in [5, 5.41) is 6.76. The van der Waals surface area contributed by atoms with Gasteiger partial charge < -0.3 is 10.6 Å². The van der Waals surface area contributed by atoms with Crippen LogP contribution >= 0.6 is 0 Å². The first-order chi connectivity index (χ1) is 14.9. The summed E-state index contributed by atoms with van der Waals surface area (Å²) in [4.78, 5) is 26.1. The summed E-state index contributed by atoms with van der Waals surface area (Å²) in [5.74, 6) is 1.27. The molecule has 30 heavy (non-hydrogen) atoms. The predicted octanol–water partition coefficient (Wildman–Crippen LogP) is 2.27. The third-order valence-corrected chi connectivity index (χ3v) is 4.34. The normalized spacial score (nSPS) is 10.8. The fraction of sp³-hybridized carbons (Fsp3) is 0.182. The first-order valence-corrected chi connectivity index (χ1v) is 9.74. The van der Waals surface area contributed by atoms with Gasteiger partial charge in [0.25, 0.3) is 0 Å². The van der Waals surface area contributed by atoms with Crippen LogP contribution in [0.15, 0.2) is 73.6 Å². The van der Waals surface area contributed by atoms with Crippen LogP contribution in [-0.4, -0.2) is 43.0 Å². The van der Waals surface area contributed by atoms with Gasteiger partial charge >= 0.3 is 0 Å². The molecule has 0 aromatic carbocycles. The van der Waals surface area contributed by atoms with Crippen LogP contribution < -0.4 is 10.6 Å². The van der Waals surface area contributed by atoms with Gasteiger partial charge in [-0.2, -0.15) is 0 Å². The van der Waals surface area contributed by atoms with Crippen molar-refractivity contribution in [1.29, 1.82) is 0 Å². The lowest BCUT2D eigenvalue weighted by molar-refractivity contribution is 0.608. The molecule has 0 amide bonds. The van der Waals surface area contributed by atoms with E-state index >= 15 is 0 Å². The van der Waals surface area contributed by atoms with Crippen molar-refractivity contribution in [1.82, 2.24) is 40.5 Å². The number of pyridine rings is 2. The van der Waals surface area contributed by atoms with Gasteiger partial charge in [-0.1, -0.05) is 12.1 Å². The highest BCUT2D eigenvalue weighted by molar-refractivity contribution is 5.48. The van der Waals surface area contributed by atoms with Crippen molar-refractivity contribution in [2.24, 2.45) is 0 Å². The highest BCUT2D eigenvalue weighted by atomic mass is 15.0. The van der Waals surface area contributed by atoms with E-state index < -0.39 is 0 Å². The van der Waals surface area contributed by atoms with Gasteiger partial charge in [-0.3, -0.25) is 9.97 Å². The molecule has 0 saturated carbocycles. The van der Waals surface area contributed by atoms with Gasteiger partial charge in [-0.05, 0) is 24.3 Å². The maximum Gasteiger partial charge on any atom is 0.178 e. The molecule has 8 heteroatoms. The molecule has 4 aromatic heterocycles. The number of nitrogens with zero attached hydrogens (tertiary/aromatic N) is 6. The number of hydrogen-bond donors (Lipinski definition) is 2. The molecule has 0 fully saturated rings. The fourth-order valence-corrected chi connectivity index (χ4v) is 2.79. The average Bonchev–Trinajstić information content (AvgIpc) is 2.83. The number of aromatic nitrogens is 6. The maximum atomic E-state index is 4.39.